The van der Waals surface area contributed by atoms with E-state index in [2.05, 4.69) is 0 Å². The van der Waals surface area contributed by atoms with Gasteiger partial charge in [-0.05, 0) is 32.6 Å². The number of rotatable bonds is 4. The largest absolute Gasteiger partial charge is 0.490 e. The standard InChI is InChI=1S/C12H20N2O4.C2HF3O2/c1-8-11(13)12(16)14(8)17-7-10(15)18-9-5-3-2-4-6-9;3-2(4,5)1(6)7/h8-9,11H,2-7,13H2,1H3;(H,6,7)/t8?,11-;/m0./s1. The van der Waals surface area contributed by atoms with Crippen molar-refractivity contribution in [1.82, 2.24) is 5.06 Å². The minimum Gasteiger partial charge on any atom is -0.475 e. The average Bonchev–Trinajstić information content (AvgIpc) is 2.55. The molecule has 0 aromatic carbocycles. The number of carbonyl (C=O) groups excluding carboxylic acids is 2. The average molecular weight is 370 g/mol. The number of esters is 1. The van der Waals surface area contributed by atoms with Gasteiger partial charge in [0.25, 0.3) is 5.91 Å². The van der Waals surface area contributed by atoms with Crippen LogP contribution in [-0.4, -0.2) is 59.0 Å². The van der Waals surface area contributed by atoms with Crippen LogP contribution in [0.4, 0.5) is 13.2 Å². The molecule has 1 unspecified atom stereocenters. The summed E-state index contributed by atoms with van der Waals surface area (Å²) in [6, 6.07) is -0.695. The summed E-state index contributed by atoms with van der Waals surface area (Å²) in [6.45, 7) is 1.55. The molecule has 1 amide bonds. The van der Waals surface area contributed by atoms with Gasteiger partial charge in [-0.25, -0.2) is 14.7 Å². The van der Waals surface area contributed by atoms with E-state index in [0.717, 1.165) is 30.7 Å². The molecule has 1 heterocycles. The highest BCUT2D eigenvalue weighted by atomic mass is 19.4. The van der Waals surface area contributed by atoms with Gasteiger partial charge in [0, 0.05) is 0 Å². The molecule has 8 nitrogen and oxygen atoms in total. The first-order chi connectivity index (χ1) is 11.5. The second-order valence-corrected chi connectivity index (χ2v) is 5.76. The number of nitrogens with two attached hydrogens (primary N) is 1. The normalized spacial score (nSPS) is 24.0. The number of aliphatic carboxylic acids is 1. The Kier molecular flexibility index (Phi) is 7.61. The fourth-order valence-corrected chi connectivity index (χ4v) is 2.32. The molecule has 1 aliphatic heterocycles. The third kappa shape index (κ3) is 6.50. The van der Waals surface area contributed by atoms with Crippen molar-refractivity contribution >= 4 is 17.8 Å². The van der Waals surface area contributed by atoms with Crippen molar-refractivity contribution in [3.8, 4) is 0 Å². The smallest absolute Gasteiger partial charge is 0.475 e. The van der Waals surface area contributed by atoms with E-state index in [1.807, 2.05) is 0 Å². The third-order valence-corrected chi connectivity index (χ3v) is 3.81. The van der Waals surface area contributed by atoms with Crippen molar-refractivity contribution in [3.63, 3.8) is 0 Å². The van der Waals surface area contributed by atoms with Gasteiger partial charge in [-0.15, -0.1) is 0 Å². The van der Waals surface area contributed by atoms with Crippen LogP contribution in [0.1, 0.15) is 39.0 Å². The second-order valence-electron chi connectivity index (χ2n) is 5.76. The van der Waals surface area contributed by atoms with Gasteiger partial charge < -0.3 is 15.6 Å². The molecule has 2 fully saturated rings. The highest BCUT2D eigenvalue weighted by Gasteiger charge is 2.43. The molecule has 0 bridgehead atoms. The minimum absolute atomic E-state index is 0.0154. The number of hydroxylamine groups is 2. The van der Waals surface area contributed by atoms with Crippen molar-refractivity contribution in [1.29, 1.82) is 0 Å². The zero-order valence-corrected chi connectivity index (χ0v) is 13.6. The Labute approximate surface area is 142 Å². The number of hydrogen-bond donors (Lipinski definition) is 2. The predicted molar refractivity (Wildman–Crippen MR) is 76.9 cm³/mol. The minimum atomic E-state index is -5.08. The molecule has 25 heavy (non-hydrogen) atoms. The molecular weight excluding hydrogens is 349 g/mol. The fourth-order valence-electron chi connectivity index (χ4n) is 2.32. The maximum Gasteiger partial charge on any atom is 0.490 e. The lowest BCUT2D eigenvalue weighted by molar-refractivity contribution is -0.233. The van der Waals surface area contributed by atoms with Gasteiger partial charge in [0.1, 0.15) is 12.1 Å². The van der Waals surface area contributed by atoms with Crippen molar-refractivity contribution in [2.75, 3.05) is 6.61 Å². The summed E-state index contributed by atoms with van der Waals surface area (Å²) < 4.78 is 37.0. The predicted octanol–water partition coefficient (Wildman–Crippen LogP) is 0.985. The molecule has 1 saturated heterocycles. The molecule has 2 atom stereocenters. The first-order valence-corrected chi connectivity index (χ1v) is 7.75. The number of ether oxygens (including phenoxy) is 1. The number of carbonyl (C=O) groups is 3. The van der Waals surface area contributed by atoms with Crippen LogP contribution in [0.25, 0.3) is 0 Å². The van der Waals surface area contributed by atoms with E-state index in [1.54, 1.807) is 6.92 Å². The number of β-lactam (4-membered cyclic amide) rings is 1. The second kappa shape index (κ2) is 8.99. The number of nitrogens with zero attached hydrogens (tertiary/aromatic N) is 1. The van der Waals surface area contributed by atoms with Crippen LogP contribution in [0.2, 0.25) is 0 Å². The lowest BCUT2D eigenvalue weighted by Gasteiger charge is -2.41. The molecule has 0 aromatic rings. The third-order valence-electron chi connectivity index (χ3n) is 3.81. The summed E-state index contributed by atoms with van der Waals surface area (Å²) in [5, 5.41) is 8.27. The fraction of sp³-hybridized carbons (Fsp3) is 0.786. The molecule has 0 spiro atoms. The summed E-state index contributed by atoms with van der Waals surface area (Å²) in [5.41, 5.74) is 5.52. The van der Waals surface area contributed by atoms with E-state index in [0.29, 0.717) is 0 Å². The van der Waals surface area contributed by atoms with Crippen molar-refractivity contribution in [2.24, 2.45) is 5.73 Å². The van der Waals surface area contributed by atoms with Crippen LogP contribution in [-0.2, 0) is 24.0 Å². The highest BCUT2D eigenvalue weighted by Crippen LogP contribution is 2.21. The quantitative estimate of drug-likeness (QED) is 0.559. The Balaban J connectivity index is 0.000000381. The molecule has 0 radical (unpaired) electrons. The van der Waals surface area contributed by atoms with Gasteiger partial charge in [0.15, 0.2) is 6.61 Å². The Hall–Kier alpha value is -1.88. The van der Waals surface area contributed by atoms with Crippen LogP contribution >= 0.6 is 0 Å². The topological polar surface area (TPSA) is 119 Å². The maximum absolute atomic E-state index is 11.5. The Bertz CT molecular complexity index is 493. The van der Waals surface area contributed by atoms with E-state index in [9.17, 15) is 22.8 Å². The molecular formula is C14H21F3N2O6. The monoisotopic (exact) mass is 370 g/mol. The van der Waals surface area contributed by atoms with Gasteiger partial charge in [-0.1, -0.05) is 6.42 Å². The number of alkyl halides is 3. The number of carboxylic acid groups (broad SMARTS) is 1. The van der Waals surface area contributed by atoms with E-state index < -0.39 is 24.2 Å². The van der Waals surface area contributed by atoms with Gasteiger partial charge in [-0.2, -0.15) is 13.2 Å². The van der Waals surface area contributed by atoms with E-state index in [4.69, 9.17) is 25.2 Å². The molecule has 144 valence electrons. The van der Waals surface area contributed by atoms with Gasteiger partial charge in [-0.3, -0.25) is 9.63 Å². The summed E-state index contributed by atoms with van der Waals surface area (Å²) in [7, 11) is 0. The summed E-state index contributed by atoms with van der Waals surface area (Å²) in [4.78, 5) is 36.8. The van der Waals surface area contributed by atoms with Gasteiger partial charge in [0.2, 0.25) is 0 Å². The van der Waals surface area contributed by atoms with Crippen LogP contribution in [0.5, 0.6) is 0 Å². The maximum atomic E-state index is 11.5. The molecule has 2 rings (SSSR count). The van der Waals surface area contributed by atoms with Crippen molar-refractivity contribution < 1.29 is 42.2 Å². The van der Waals surface area contributed by atoms with Gasteiger partial charge >= 0.3 is 18.1 Å². The lowest BCUT2D eigenvalue weighted by atomic mass is 9.98. The van der Waals surface area contributed by atoms with Crippen molar-refractivity contribution in [3.05, 3.63) is 0 Å². The summed E-state index contributed by atoms with van der Waals surface area (Å²) in [6.07, 6.45) is 0.208. The summed E-state index contributed by atoms with van der Waals surface area (Å²) in [5.74, 6) is -3.46. The SMILES string of the molecule is CC1[C@H](N)C(=O)N1OCC(=O)OC1CCCCC1.O=C(O)C(F)(F)F. The highest BCUT2D eigenvalue weighted by molar-refractivity contribution is 5.88. The van der Waals surface area contributed by atoms with Crippen LogP contribution in [0.15, 0.2) is 0 Å². The van der Waals surface area contributed by atoms with E-state index in [1.165, 1.54) is 6.42 Å². The summed E-state index contributed by atoms with van der Waals surface area (Å²) >= 11 is 0. The Morgan fingerprint density at radius 2 is 1.80 bits per heavy atom. The Morgan fingerprint density at radius 1 is 1.28 bits per heavy atom. The Morgan fingerprint density at radius 3 is 2.24 bits per heavy atom. The van der Waals surface area contributed by atoms with Crippen LogP contribution in [0.3, 0.4) is 0 Å². The van der Waals surface area contributed by atoms with Gasteiger partial charge in [0.05, 0.1) is 6.04 Å². The number of hydrogen-bond acceptors (Lipinski definition) is 6. The number of halogens is 3. The first-order valence-electron chi connectivity index (χ1n) is 7.75. The molecule has 1 saturated carbocycles. The van der Waals surface area contributed by atoms with E-state index >= 15 is 0 Å². The zero-order chi connectivity index (χ0) is 19.2. The van der Waals surface area contributed by atoms with Crippen molar-refractivity contribution in [2.45, 2.75) is 63.4 Å². The molecule has 2 aliphatic rings. The molecule has 11 heteroatoms. The van der Waals surface area contributed by atoms with Crippen LogP contribution in [0, 0.1) is 0 Å². The van der Waals surface area contributed by atoms with E-state index in [-0.39, 0.29) is 24.7 Å². The number of carboxylic acids is 1. The number of amides is 1. The first kappa shape index (κ1) is 21.2. The zero-order valence-electron chi connectivity index (χ0n) is 13.6. The lowest BCUT2D eigenvalue weighted by Crippen LogP contribution is -2.67. The molecule has 3 N–H and O–H groups in total. The van der Waals surface area contributed by atoms with Crippen LogP contribution < -0.4 is 5.73 Å². The molecule has 1 aliphatic carbocycles. The molecule has 0 aromatic heterocycles.